The molecule has 0 saturated heterocycles. The third-order valence-electron chi connectivity index (χ3n) is 5.20. The van der Waals surface area contributed by atoms with Gasteiger partial charge in [-0.3, -0.25) is 15.1 Å². The molecule has 31 heavy (non-hydrogen) atoms. The molecule has 0 saturated carbocycles. The van der Waals surface area contributed by atoms with Crippen molar-refractivity contribution in [2.24, 2.45) is 0 Å². The van der Waals surface area contributed by atoms with Crippen LogP contribution in [0.5, 0.6) is 0 Å². The van der Waals surface area contributed by atoms with Crippen LogP contribution in [-0.2, 0) is 0 Å². The molecule has 0 aliphatic heterocycles. The van der Waals surface area contributed by atoms with Crippen LogP contribution in [-0.4, -0.2) is 30.1 Å². The van der Waals surface area contributed by atoms with Crippen molar-refractivity contribution in [2.75, 3.05) is 0 Å². The quantitative estimate of drug-likeness (QED) is 0.405. The second kappa shape index (κ2) is 7.84. The zero-order valence-corrected chi connectivity index (χ0v) is 17.0. The fourth-order valence-corrected chi connectivity index (χ4v) is 3.69. The third kappa shape index (κ3) is 3.34. The summed E-state index contributed by atoms with van der Waals surface area (Å²) in [5, 5.41) is 8.64. The van der Waals surface area contributed by atoms with Gasteiger partial charge in [-0.2, -0.15) is 5.10 Å². The number of pyridine rings is 2. The topological polar surface area (TPSA) is 83.1 Å². The zero-order chi connectivity index (χ0) is 21.2. The summed E-state index contributed by atoms with van der Waals surface area (Å²) >= 11 is 0. The number of rotatable bonds is 5. The van der Waals surface area contributed by atoms with Crippen LogP contribution < -0.4 is 0 Å². The Bertz CT molecular complexity index is 1390. The molecule has 0 spiro atoms. The molecule has 2 N–H and O–H groups in total. The molecule has 5 aromatic rings. The number of H-pyrrole nitrogens is 2. The second-order valence-electron chi connectivity index (χ2n) is 7.04. The first-order valence-corrected chi connectivity index (χ1v) is 9.98. The number of benzene rings is 1. The average Bonchev–Trinajstić information content (AvgIpc) is 3.44. The minimum Gasteiger partial charge on any atom is -0.337 e. The Labute approximate surface area is 179 Å². The lowest BCUT2D eigenvalue weighted by atomic mass is 10.0. The minimum absolute atomic E-state index is 0.676. The highest BCUT2D eigenvalue weighted by molar-refractivity contribution is 5.95. The number of allylic oxidation sites excluding steroid dienone is 1. The molecule has 5 rings (SSSR count). The normalized spacial score (nSPS) is 11.7. The van der Waals surface area contributed by atoms with Crippen LogP contribution in [0.2, 0.25) is 0 Å². The van der Waals surface area contributed by atoms with Crippen LogP contribution in [0.4, 0.5) is 0 Å². The van der Waals surface area contributed by atoms with Gasteiger partial charge in [-0.25, -0.2) is 4.98 Å². The Morgan fingerprint density at radius 3 is 2.71 bits per heavy atom. The third-order valence-corrected chi connectivity index (χ3v) is 5.20. The van der Waals surface area contributed by atoms with Crippen molar-refractivity contribution in [3.8, 4) is 22.6 Å². The van der Waals surface area contributed by atoms with Gasteiger partial charge < -0.3 is 4.98 Å². The Kier molecular flexibility index (Phi) is 4.72. The van der Waals surface area contributed by atoms with E-state index in [1.807, 2.05) is 55.6 Å². The Morgan fingerprint density at radius 1 is 1.03 bits per heavy atom. The van der Waals surface area contributed by atoms with Crippen LogP contribution in [0, 0.1) is 0 Å². The highest BCUT2D eigenvalue weighted by Crippen LogP contribution is 2.32. The molecule has 0 bridgehead atoms. The maximum absolute atomic E-state index is 4.89. The van der Waals surface area contributed by atoms with Gasteiger partial charge in [0.05, 0.1) is 22.6 Å². The summed E-state index contributed by atoms with van der Waals surface area (Å²) in [6.45, 7) is 5.94. The molecule has 0 radical (unpaired) electrons. The molecule has 4 aromatic heterocycles. The molecule has 0 aliphatic carbocycles. The summed E-state index contributed by atoms with van der Waals surface area (Å²) in [5.74, 6) is 0.676. The van der Waals surface area contributed by atoms with Gasteiger partial charge in [0.15, 0.2) is 5.82 Å². The second-order valence-corrected chi connectivity index (χ2v) is 7.04. The maximum atomic E-state index is 4.89. The van der Waals surface area contributed by atoms with Gasteiger partial charge in [-0.15, -0.1) is 0 Å². The van der Waals surface area contributed by atoms with E-state index in [1.54, 1.807) is 18.5 Å². The van der Waals surface area contributed by atoms with E-state index >= 15 is 0 Å². The minimum atomic E-state index is 0.676. The number of aromatic amines is 2. The lowest BCUT2D eigenvalue weighted by Gasteiger charge is -2.04. The fraction of sp³-hybridized carbons (Fsp3) is 0.0400. The lowest BCUT2D eigenvalue weighted by molar-refractivity contribution is 1.10. The van der Waals surface area contributed by atoms with E-state index in [-0.39, 0.29) is 0 Å². The van der Waals surface area contributed by atoms with Crippen molar-refractivity contribution < 1.29 is 0 Å². The van der Waals surface area contributed by atoms with Gasteiger partial charge in [0.25, 0.3) is 0 Å². The van der Waals surface area contributed by atoms with E-state index in [9.17, 15) is 0 Å². The zero-order valence-electron chi connectivity index (χ0n) is 17.0. The van der Waals surface area contributed by atoms with E-state index in [2.05, 4.69) is 43.9 Å². The summed E-state index contributed by atoms with van der Waals surface area (Å²) < 4.78 is 0. The number of hydrogen-bond donors (Lipinski definition) is 2. The predicted octanol–water partition coefficient (Wildman–Crippen LogP) is 5.50. The van der Waals surface area contributed by atoms with Crippen molar-refractivity contribution >= 4 is 22.6 Å². The number of nitrogens with one attached hydrogen (secondary N) is 2. The molecule has 150 valence electrons. The van der Waals surface area contributed by atoms with Gasteiger partial charge >= 0.3 is 0 Å². The molecule has 1 aromatic carbocycles. The first kappa shape index (κ1) is 18.7. The highest BCUT2D eigenvalue weighted by atomic mass is 15.1. The van der Waals surface area contributed by atoms with Crippen LogP contribution >= 0.6 is 0 Å². The molecule has 0 atom stereocenters. The van der Waals surface area contributed by atoms with Gasteiger partial charge in [0, 0.05) is 35.1 Å². The van der Waals surface area contributed by atoms with E-state index in [4.69, 9.17) is 4.98 Å². The fourth-order valence-electron chi connectivity index (χ4n) is 3.69. The first-order chi connectivity index (χ1) is 15.3. The van der Waals surface area contributed by atoms with E-state index in [1.165, 1.54) is 0 Å². The van der Waals surface area contributed by atoms with Gasteiger partial charge in [0.2, 0.25) is 0 Å². The first-order valence-electron chi connectivity index (χ1n) is 9.98. The summed E-state index contributed by atoms with van der Waals surface area (Å²) in [6, 6.07) is 16.0. The van der Waals surface area contributed by atoms with Crippen molar-refractivity contribution in [3.63, 3.8) is 0 Å². The molecule has 4 heterocycles. The SMILES string of the molecule is C=Cc1[nH]c(-c2n[nH]c3ccc(-c4cccnc4)cc23)nc1/C(=C\C)c1ccccn1. The number of fused-ring (bicyclic) bond motifs is 1. The summed E-state index contributed by atoms with van der Waals surface area (Å²) in [5.41, 5.74) is 7.24. The highest BCUT2D eigenvalue weighted by Gasteiger charge is 2.19. The van der Waals surface area contributed by atoms with E-state index < -0.39 is 0 Å². The van der Waals surface area contributed by atoms with Gasteiger partial charge in [-0.05, 0) is 48.9 Å². The molecular formula is C25H20N6. The monoisotopic (exact) mass is 404 g/mol. The van der Waals surface area contributed by atoms with E-state index in [0.29, 0.717) is 5.82 Å². The molecular weight excluding hydrogens is 384 g/mol. The molecule has 0 fully saturated rings. The molecule has 0 aliphatic rings. The number of imidazole rings is 1. The maximum Gasteiger partial charge on any atom is 0.159 e. The van der Waals surface area contributed by atoms with E-state index in [0.717, 1.165) is 50.4 Å². The van der Waals surface area contributed by atoms with Crippen LogP contribution in [0.3, 0.4) is 0 Å². The molecule has 0 unspecified atom stereocenters. The summed E-state index contributed by atoms with van der Waals surface area (Å²) in [6.07, 6.45) is 9.19. The van der Waals surface area contributed by atoms with Crippen molar-refractivity contribution in [1.82, 2.24) is 30.1 Å². The standard InChI is InChI=1S/C25H20N6/c1-3-18(21-9-5-6-13-27-21)23-20(4-2)28-25(29-23)24-19-14-16(10-11-22(19)30-31-24)17-8-7-12-26-15-17/h3-15H,2H2,1H3,(H,28,29)(H,30,31)/b18-3-. The predicted molar refractivity (Wildman–Crippen MR) is 124 cm³/mol. The Balaban J connectivity index is 1.63. The number of aromatic nitrogens is 6. The van der Waals surface area contributed by atoms with Gasteiger partial charge in [-0.1, -0.05) is 30.9 Å². The average molecular weight is 404 g/mol. The van der Waals surface area contributed by atoms with Crippen LogP contribution in [0.25, 0.3) is 45.2 Å². The van der Waals surface area contributed by atoms with Crippen LogP contribution in [0.1, 0.15) is 24.0 Å². The summed E-state index contributed by atoms with van der Waals surface area (Å²) in [4.78, 5) is 17.0. The molecule has 6 nitrogen and oxygen atoms in total. The lowest BCUT2D eigenvalue weighted by Crippen LogP contribution is -1.93. The van der Waals surface area contributed by atoms with Crippen LogP contribution in [0.15, 0.2) is 79.8 Å². The number of hydrogen-bond acceptors (Lipinski definition) is 4. The molecule has 0 amide bonds. The van der Waals surface area contributed by atoms with Crippen molar-refractivity contribution in [3.05, 3.63) is 96.9 Å². The smallest absolute Gasteiger partial charge is 0.159 e. The Morgan fingerprint density at radius 2 is 1.97 bits per heavy atom. The Hall–Kier alpha value is -4.32. The summed E-state index contributed by atoms with van der Waals surface area (Å²) in [7, 11) is 0. The largest absolute Gasteiger partial charge is 0.337 e. The molecule has 6 heteroatoms. The number of nitrogens with zero attached hydrogens (tertiary/aromatic N) is 4. The van der Waals surface area contributed by atoms with Crippen molar-refractivity contribution in [1.29, 1.82) is 0 Å². The van der Waals surface area contributed by atoms with Crippen molar-refractivity contribution in [2.45, 2.75) is 6.92 Å². The van der Waals surface area contributed by atoms with Gasteiger partial charge in [0.1, 0.15) is 5.69 Å².